The third-order valence-electron chi connectivity index (χ3n) is 4.79. The fourth-order valence-corrected chi connectivity index (χ4v) is 3.41. The lowest BCUT2D eigenvalue weighted by molar-refractivity contribution is -0.0102. The van der Waals surface area contributed by atoms with Crippen LogP contribution in [0.3, 0.4) is 0 Å². The second-order valence-corrected chi connectivity index (χ2v) is 6.53. The second kappa shape index (κ2) is 5.81. The Labute approximate surface area is 134 Å². The topological polar surface area (TPSA) is 71.2 Å². The monoisotopic (exact) mass is 312 g/mol. The number of hydrogen-bond acceptors (Lipinski definition) is 3. The van der Waals surface area contributed by atoms with Gasteiger partial charge in [0.05, 0.1) is 11.7 Å². The van der Waals surface area contributed by atoms with Crippen molar-refractivity contribution in [3.8, 4) is 0 Å². The van der Waals surface area contributed by atoms with Gasteiger partial charge in [-0.05, 0) is 37.7 Å². The molecule has 23 heavy (non-hydrogen) atoms. The molecule has 1 saturated heterocycles. The number of rotatable bonds is 3. The standard InChI is InChI=1S/C18H20N2O3/c21-17-10-14(13-3-1-2-4-15(13)20-17)18(22)19-12-7-8-23-16(9-12)11-5-6-11/h1-4,10-12,16H,5-9H2,(H,19,22)(H,20,21)/t12-,16-/m0/s1. The van der Waals surface area contributed by atoms with Crippen molar-refractivity contribution < 1.29 is 9.53 Å². The van der Waals surface area contributed by atoms with Gasteiger partial charge >= 0.3 is 0 Å². The molecule has 1 aromatic carbocycles. The van der Waals surface area contributed by atoms with E-state index in [1.807, 2.05) is 24.3 Å². The molecule has 2 aliphatic rings. The number of aromatic nitrogens is 1. The van der Waals surface area contributed by atoms with Crippen LogP contribution in [0.1, 0.15) is 36.0 Å². The van der Waals surface area contributed by atoms with Gasteiger partial charge in [-0.1, -0.05) is 18.2 Å². The predicted molar refractivity (Wildman–Crippen MR) is 87.5 cm³/mol. The van der Waals surface area contributed by atoms with Gasteiger partial charge < -0.3 is 15.0 Å². The quantitative estimate of drug-likeness (QED) is 0.913. The van der Waals surface area contributed by atoms with E-state index in [1.165, 1.54) is 18.9 Å². The average Bonchev–Trinajstić information content (AvgIpc) is 3.39. The zero-order valence-electron chi connectivity index (χ0n) is 12.9. The number of ether oxygens (including phenoxy) is 1. The Bertz CT molecular complexity index is 794. The number of amides is 1. The van der Waals surface area contributed by atoms with Crippen LogP contribution in [0.25, 0.3) is 10.9 Å². The first-order valence-electron chi connectivity index (χ1n) is 8.25. The van der Waals surface area contributed by atoms with Gasteiger partial charge in [-0.3, -0.25) is 9.59 Å². The van der Waals surface area contributed by atoms with E-state index in [2.05, 4.69) is 10.3 Å². The molecule has 2 N–H and O–H groups in total. The van der Waals surface area contributed by atoms with Crippen LogP contribution in [0.4, 0.5) is 0 Å². The van der Waals surface area contributed by atoms with E-state index in [-0.39, 0.29) is 23.6 Å². The van der Waals surface area contributed by atoms with Gasteiger partial charge in [-0.2, -0.15) is 0 Å². The minimum Gasteiger partial charge on any atom is -0.378 e. The molecule has 2 fully saturated rings. The lowest BCUT2D eigenvalue weighted by atomic mass is 9.99. The zero-order chi connectivity index (χ0) is 15.8. The number of H-pyrrole nitrogens is 1. The molecule has 1 aliphatic carbocycles. The average molecular weight is 312 g/mol. The smallest absolute Gasteiger partial charge is 0.252 e. The molecule has 4 rings (SSSR count). The fourth-order valence-electron chi connectivity index (χ4n) is 3.41. The highest BCUT2D eigenvalue weighted by atomic mass is 16.5. The first-order chi connectivity index (χ1) is 11.2. The summed E-state index contributed by atoms with van der Waals surface area (Å²) in [6.07, 6.45) is 4.46. The van der Waals surface area contributed by atoms with Crippen molar-refractivity contribution in [3.63, 3.8) is 0 Å². The number of pyridine rings is 1. The van der Waals surface area contributed by atoms with Crippen molar-refractivity contribution in [3.05, 3.63) is 46.2 Å². The van der Waals surface area contributed by atoms with Crippen molar-refractivity contribution >= 4 is 16.8 Å². The Hall–Kier alpha value is -2.14. The maximum Gasteiger partial charge on any atom is 0.252 e. The van der Waals surface area contributed by atoms with Crippen LogP contribution < -0.4 is 10.9 Å². The molecule has 2 aromatic rings. The number of benzene rings is 1. The van der Waals surface area contributed by atoms with E-state index >= 15 is 0 Å². The summed E-state index contributed by atoms with van der Waals surface area (Å²) in [7, 11) is 0. The molecule has 1 amide bonds. The first kappa shape index (κ1) is 14.5. The Kier molecular flexibility index (Phi) is 3.65. The molecule has 2 heterocycles. The Morgan fingerprint density at radius 2 is 2.04 bits per heavy atom. The summed E-state index contributed by atoms with van der Waals surface area (Å²) >= 11 is 0. The highest BCUT2D eigenvalue weighted by Gasteiger charge is 2.36. The summed E-state index contributed by atoms with van der Waals surface area (Å²) in [4.78, 5) is 27.2. The van der Waals surface area contributed by atoms with Crippen LogP contribution in [0.2, 0.25) is 0 Å². The molecule has 1 aromatic heterocycles. The van der Waals surface area contributed by atoms with E-state index in [0.717, 1.165) is 18.2 Å². The molecule has 0 spiro atoms. The maximum absolute atomic E-state index is 12.7. The van der Waals surface area contributed by atoms with Crippen molar-refractivity contribution in [2.45, 2.75) is 37.8 Å². The molecule has 0 bridgehead atoms. The van der Waals surface area contributed by atoms with Crippen LogP contribution in [-0.2, 0) is 4.74 Å². The summed E-state index contributed by atoms with van der Waals surface area (Å²) in [5, 5.41) is 3.87. The molecular weight excluding hydrogens is 292 g/mol. The number of carbonyl (C=O) groups is 1. The van der Waals surface area contributed by atoms with E-state index in [0.29, 0.717) is 23.6 Å². The summed E-state index contributed by atoms with van der Waals surface area (Å²) in [6.45, 7) is 0.697. The van der Waals surface area contributed by atoms with Crippen LogP contribution in [-0.4, -0.2) is 29.6 Å². The fraction of sp³-hybridized carbons (Fsp3) is 0.444. The van der Waals surface area contributed by atoms with Crippen LogP contribution >= 0.6 is 0 Å². The van der Waals surface area contributed by atoms with Gasteiger partial charge in [0.1, 0.15) is 0 Å². The largest absolute Gasteiger partial charge is 0.378 e. The van der Waals surface area contributed by atoms with Gasteiger partial charge in [0.25, 0.3) is 5.91 Å². The number of fused-ring (bicyclic) bond motifs is 1. The second-order valence-electron chi connectivity index (χ2n) is 6.53. The van der Waals surface area contributed by atoms with E-state index in [4.69, 9.17) is 4.74 Å². The third-order valence-corrected chi connectivity index (χ3v) is 4.79. The van der Waals surface area contributed by atoms with Gasteiger partial charge in [0, 0.05) is 29.6 Å². The summed E-state index contributed by atoms with van der Waals surface area (Å²) < 4.78 is 5.80. The highest BCUT2D eigenvalue weighted by molar-refractivity contribution is 6.06. The molecular formula is C18H20N2O3. The van der Waals surface area contributed by atoms with Crippen molar-refractivity contribution in [1.29, 1.82) is 0 Å². The Balaban J connectivity index is 1.56. The minimum absolute atomic E-state index is 0.125. The van der Waals surface area contributed by atoms with Crippen molar-refractivity contribution in [1.82, 2.24) is 10.3 Å². The lowest BCUT2D eigenvalue weighted by Crippen LogP contribution is -2.42. The summed E-state index contributed by atoms with van der Waals surface area (Å²) in [6, 6.07) is 8.89. The van der Waals surface area contributed by atoms with Crippen molar-refractivity contribution in [2.24, 2.45) is 5.92 Å². The van der Waals surface area contributed by atoms with Crippen LogP contribution in [0.15, 0.2) is 35.1 Å². The molecule has 0 unspecified atom stereocenters. The van der Waals surface area contributed by atoms with E-state index in [9.17, 15) is 9.59 Å². The normalized spacial score (nSPS) is 24.5. The number of nitrogens with one attached hydrogen (secondary N) is 2. The molecule has 0 radical (unpaired) electrons. The van der Waals surface area contributed by atoms with Gasteiger partial charge in [0.15, 0.2) is 0 Å². The molecule has 120 valence electrons. The van der Waals surface area contributed by atoms with Crippen LogP contribution in [0, 0.1) is 5.92 Å². The van der Waals surface area contributed by atoms with Crippen LogP contribution in [0.5, 0.6) is 0 Å². The number of carbonyl (C=O) groups excluding carboxylic acids is 1. The van der Waals surface area contributed by atoms with E-state index < -0.39 is 0 Å². The van der Waals surface area contributed by atoms with Gasteiger partial charge in [-0.15, -0.1) is 0 Å². The summed E-state index contributed by atoms with van der Waals surface area (Å²) in [5.74, 6) is 0.504. The molecule has 1 aliphatic heterocycles. The number of para-hydroxylation sites is 1. The molecule has 5 nitrogen and oxygen atoms in total. The van der Waals surface area contributed by atoms with Crippen molar-refractivity contribution in [2.75, 3.05) is 6.61 Å². The zero-order valence-corrected chi connectivity index (χ0v) is 12.9. The number of hydrogen-bond donors (Lipinski definition) is 2. The minimum atomic E-state index is -0.253. The first-order valence-corrected chi connectivity index (χ1v) is 8.25. The molecule has 5 heteroatoms. The van der Waals surface area contributed by atoms with Gasteiger partial charge in [-0.25, -0.2) is 0 Å². The third kappa shape index (κ3) is 3.01. The maximum atomic E-state index is 12.7. The molecule has 2 atom stereocenters. The SMILES string of the molecule is O=C(N[C@H]1CCO[C@H](C2CC2)C1)c1cc(=O)[nH]c2ccccc12. The molecule has 1 saturated carbocycles. The number of aromatic amines is 1. The highest BCUT2D eigenvalue weighted by Crippen LogP contribution is 2.38. The lowest BCUT2D eigenvalue weighted by Gasteiger charge is -2.30. The van der Waals surface area contributed by atoms with Gasteiger partial charge in [0.2, 0.25) is 5.56 Å². The summed E-state index contributed by atoms with van der Waals surface area (Å²) in [5.41, 5.74) is 0.878. The Morgan fingerprint density at radius 3 is 2.87 bits per heavy atom. The van der Waals surface area contributed by atoms with E-state index in [1.54, 1.807) is 0 Å². The Morgan fingerprint density at radius 1 is 1.22 bits per heavy atom. The predicted octanol–water partition coefficient (Wildman–Crippen LogP) is 2.22.